The molecule has 0 spiro atoms. The minimum Gasteiger partial charge on any atom is -0.337 e. The summed E-state index contributed by atoms with van der Waals surface area (Å²) in [5.74, 6) is -0.174. The lowest BCUT2D eigenvalue weighted by molar-refractivity contribution is -0.384. The number of para-hydroxylation sites is 2. The molecule has 1 aromatic heterocycles. The fourth-order valence-electron chi connectivity index (χ4n) is 3.52. The number of fused-ring (bicyclic) bond motifs is 1. The Morgan fingerprint density at radius 3 is 2.56 bits per heavy atom. The summed E-state index contributed by atoms with van der Waals surface area (Å²) < 4.78 is 1.82. The number of nitro groups is 1. The Hall–Kier alpha value is -4.70. The van der Waals surface area contributed by atoms with E-state index in [1.165, 1.54) is 12.1 Å². The molecule has 32 heavy (non-hydrogen) atoms. The molecular weight excluding hydrogens is 404 g/mol. The van der Waals surface area contributed by atoms with Crippen molar-refractivity contribution >= 4 is 39.8 Å². The number of allylic oxidation sites excluding steroid dienone is 1. The lowest BCUT2D eigenvalue weighted by Crippen LogP contribution is -2.18. The zero-order valence-corrected chi connectivity index (χ0v) is 16.9. The second-order valence-electron chi connectivity index (χ2n) is 7.12. The summed E-state index contributed by atoms with van der Waals surface area (Å²) >= 11 is 0. The molecule has 0 unspecified atom stereocenters. The lowest BCUT2D eigenvalue weighted by atomic mass is 10.0. The third-order valence-corrected chi connectivity index (χ3v) is 4.98. The van der Waals surface area contributed by atoms with E-state index in [1.54, 1.807) is 18.2 Å². The first kappa shape index (κ1) is 20.6. The average Bonchev–Trinajstić information content (AvgIpc) is 3.15. The molecule has 1 heterocycles. The number of anilines is 1. The minimum absolute atomic E-state index is 0.0799. The molecule has 7 nitrogen and oxygen atoms in total. The van der Waals surface area contributed by atoms with E-state index in [0.717, 1.165) is 16.5 Å². The number of benzene rings is 3. The van der Waals surface area contributed by atoms with Crippen LogP contribution in [0.25, 0.3) is 22.6 Å². The van der Waals surface area contributed by atoms with E-state index in [0.29, 0.717) is 16.8 Å². The monoisotopic (exact) mass is 422 g/mol. The van der Waals surface area contributed by atoms with Gasteiger partial charge in [0.1, 0.15) is 6.54 Å². The summed E-state index contributed by atoms with van der Waals surface area (Å²) in [5.41, 5.74) is 2.98. The van der Waals surface area contributed by atoms with E-state index >= 15 is 0 Å². The van der Waals surface area contributed by atoms with Gasteiger partial charge in [-0.15, -0.1) is 0 Å². The second-order valence-corrected chi connectivity index (χ2v) is 7.12. The van der Waals surface area contributed by atoms with Gasteiger partial charge in [0.25, 0.3) is 5.69 Å². The number of nitro benzene ring substituents is 1. The highest BCUT2D eigenvalue weighted by Crippen LogP contribution is 2.27. The third-order valence-electron chi connectivity index (χ3n) is 4.98. The summed E-state index contributed by atoms with van der Waals surface area (Å²) in [6.07, 6.45) is 3.50. The fourth-order valence-corrected chi connectivity index (χ4v) is 3.52. The van der Waals surface area contributed by atoms with Crippen LogP contribution in [0.3, 0.4) is 0 Å². The number of amides is 1. The maximum Gasteiger partial charge on any atom is 0.270 e. The van der Waals surface area contributed by atoms with Crippen LogP contribution in [0.2, 0.25) is 0 Å². The van der Waals surface area contributed by atoms with Crippen molar-refractivity contribution in [2.45, 2.75) is 6.54 Å². The van der Waals surface area contributed by atoms with Crippen molar-refractivity contribution in [2.75, 3.05) is 5.32 Å². The van der Waals surface area contributed by atoms with E-state index in [2.05, 4.69) is 11.4 Å². The first-order valence-electron chi connectivity index (χ1n) is 9.84. The van der Waals surface area contributed by atoms with E-state index < -0.39 is 4.92 Å². The molecule has 1 N–H and O–H groups in total. The normalized spacial score (nSPS) is 11.2. The zero-order valence-electron chi connectivity index (χ0n) is 16.9. The summed E-state index contributed by atoms with van der Waals surface area (Å²) in [6.45, 7) is 0.0992. The van der Waals surface area contributed by atoms with Crippen LogP contribution in [0.4, 0.5) is 11.4 Å². The number of hydrogen-bond acceptors (Lipinski definition) is 4. The van der Waals surface area contributed by atoms with E-state index in [4.69, 9.17) is 0 Å². The van der Waals surface area contributed by atoms with Crippen LogP contribution >= 0.6 is 0 Å². The maximum absolute atomic E-state index is 12.6. The van der Waals surface area contributed by atoms with Gasteiger partial charge in [0.05, 0.1) is 16.6 Å². The van der Waals surface area contributed by atoms with Gasteiger partial charge in [-0.05, 0) is 29.8 Å². The quantitative estimate of drug-likeness (QED) is 0.260. The summed E-state index contributed by atoms with van der Waals surface area (Å²) in [6, 6.07) is 24.9. The molecule has 1 amide bonds. The number of carbonyl (C=O) groups is 1. The van der Waals surface area contributed by atoms with Crippen LogP contribution in [-0.4, -0.2) is 15.4 Å². The average molecular weight is 422 g/mol. The molecular formula is C25H18N4O3. The van der Waals surface area contributed by atoms with E-state index in [-0.39, 0.29) is 18.1 Å². The van der Waals surface area contributed by atoms with Crippen LogP contribution in [0.1, 0.15) is 11.1 Å². The maximum atomic E-state index is 12.6. The van der Waals surface area contributed by atoms with Gasteiger partial charge in [0.2, 0.25) is 5.91 Å². The molecule has 0 atom stereocenters. The Labute approximate surface area is 184 Å². The van der Waals surface area contributed by atoms with Gasteiger partial charge >= 0.3 is 0 Å². The van der Waals surface area contributed by atoms with Gasteiger partial charge in [0, 0.05) is 40.5 Å². The van der Waals surface area contributed by atoms with Crippen LogP contribution < -0.4 is 5.32 Å². The van der Waals surface area contributed by atoms with Gasteiger partial charge in [-0.25, -0.2) is 0 Å². The van der Waals surface area contributed by atoms with Gasteiger partial charge in [-0.3, -0.25) is 14.9 Å². The number of non-ortho nitro benzene ring substituents is 1. The third kappa shape index (κ3) is 4.40. The minimum atomic E-state index is -0.490. The molecule has 0 bridgehead atoms. The fraction of sp³-hybridized carbons (Fsp3) is 0.0400. The highest BCUT2D eigenvalue weighted by Gasteiger charge is 2.13. The smallest absolute Gasteiger partial charge is 0.270 e. The number of nitrogens with one attached hydrogen (secondary N) is 1. The SMILES string of the molecule is N#C/C(=C/c1cn(CC(=O)Nc2ccccc2)c2ccccc12)c1cccc([N+](=O)[O-])c1. The van der Waals surface area contributed by atoms with E-state index in [9.17, 15) is 20.2 Å². The predicted octanol–water partition coefficient (Wildman–Crippen LogP) is 5.25. The first-order chi connectivity index (χ1) is 15.5. The molecule has 0 aliphatic heterocycles. The lowest BCUT2D eigenvalue weighted by Gasteiger charge is -2.07. The van der Waals surface area contributed by atoms with Crippen molar-refractivity contribution in [1.29, 1.82) is 5.26 Å². The van der Waals surface area contributed by atoms with Gasteiger partial charge in [0.15, 0.2) is 0 Å². The molecule has 0 saturated heterocycles. The molecule has 7 heteroatoms. The summed E-state index contributed by atoms with van der Waals surface area (Å²) in [4.78, 5) is 23.2. The zero-order chi connectivity index (χ0) is 22.5. The van der Waals surface area contributed by atoms with Crippen molar-refractivity contribution in [2.24, 2.45) is 0 Å². The molecule has 0 radical (unpaired) electrons. The molecule has 0 aliphatic carbocycles. The summed E-state index contributed by atoms with van der Waals surface area (Å²) in [5, 5.41) is 24.5. The van der Waals surface area contributed by atoms with Crippen molar-refractivity contribution in [3.63, 3.8) is 0 Å². The van der Waals surface area contributed by atoms with Crippen molar-refractivity contribution in [3.05, 3.63) is 106 Å². The molecule has 4 rings (SSSR count). The van der Waals surface area contributed by atoms with Gasteiger partial charge in [-0.2, -0.15) is 5.26 Å². The Kier molecular flexibility index (Phi) is 5.77. The molecule has 4 aromatic rings. The van der Waals surface area contributed by atoms with Gasteiger partial charge < -0.3 is 9.88 Å². The van der Waals surface area contributed by atoms with Crippen LogP contribution in [0.15, 0.2) is 85.1 Å². The molecule has 156 valence electrons. The Morgan fingerprint density at radius 1 is 1.06 bits per heavy atom. The number of carbonyl (C=O) groups excluding carboxylic acids is 1. The standard InChI is InChI=1S/C25H18N4O3/c26-15-19(18-7-6-10-22(14-18)29(31)32)13-20-16-28(24-12-5-4-11-23(20)24)17-25(30)27-21-8-2-1-3-9-21/h1-14,16H,17H2,(H,27,30)/b19-13-. The number of nitriles is 1. The van der Waals surface area contributed by atoms with E-state index in [1.807, 2.05) is 65.4 Å². The second kappa shape index (κ2) is 8.98. The number of hydrogen-bond donors (Lipinski definition) is 1. The number of nitrogens with zero attached hydrogens (tertiary/aromatic N) is 3. The van der Waals surface area contributed by atoms with Gasteiger partial charge in [-0.1, -0.05) is 48.5 Å². The molecule has 3 aromatic carbocycles. The topological polar surface area (TPSA) is 101 Å². The van der Waals surface area contributed by atoms with Crippen LogP contribution in [0, 0.1) is 21.4 Å². The first-order valence-corrected chi connectivity index (χ1v) is 9.84. The number of rotatable bonds is 6. The molecule has 0 saturated carbocycles. The molecule has 0 fully saturated rings. The predicted molar refractivity (Wildman–Crippen MR) is 124 cm³/mol. The largest absolute Gasteiger partial charge is 0.337 e. The van der Waals surface area contributed by atoms with Crippen molar-refractivity contribution in [3.8, 4) is 6.07 Å². The van der Waals surface area contributed by atoms with Crippen molar-refractivity contribution < 1.29 is 9.72 Å². The van der Waals surface area contributed by atoms with Crippen LogP contribution in [0.5, 0.6) is 0 Å². The Bertz CT molecular complexity index is 1380. The van der Waals surface area contributed by atoms with Crippen LogP contribution in [-0.2, 0) is 11.3 Å². The Morgan fingerprint density at radius 2 is 1.81 bits per heavy atom. The number of aromatic nitrogens is 1. The highest BCUT2D eigenvalue weighted by molar-refractivity contribution is 5.99. The summed E-state index contributed by atoms with van der Waals surface area (Å²) in [7, 11) is 0. The van der Waals surface area contributed by atoms with Crippen molar-refractivity contribution in [1.82, 2.24) is 4.57 Å². The highest BCUT2D eigenvalue weighted by atomic mass is 16.6. The molecule has 0 aliphatic rings. The Balaban J connectivity index is 1.69.